The molecule has 0 saturated carbocycles. The molecule has 21 heavy (non-hydrogen) atoms. The summed E-state index contributed by atoms with van der Waals surface area (Å²) in [6.45, 7) is 5.21. The fourth-order valence-electron chi connectivity index (χ4n) is 3.21. The van der Waals surface area contributed by atoms with Gasteiger partial charge in [0.2, 0.25) is 5.91 Å². The average molecular weight is 288 g/mol. The van der Waals surface area contributed by atoms with Crippen LogP contribution in [0.2, 0.25) is 0 Å². The van der Waals surface area contributed by atoms with Gasteiger partial charge in [-0.25, -0.2) is 15.0 Å². The summed E-state index contributed by atoms with van der Waals surface area (Å²) >= 11 is 0. The van der Waals surface area contributed by atoms with Crippen molar-refractivity contribution in [2.45, 2.75) is 32.7 Å². The van der Waals surface area contributed by atoms with Crippen LogP contribution >= 0.6 is 0 Å². The van der Waals surface area contributed by atoms with Crippen LogP contribution in [-0.4, -0.2) is 38.0 Å². The number of hydrogen-bond acceptors (Lipinski definition) is 5. The predicted molar refractivity (Wildman–Crippen MR) is 79.6 cm³/mol. The van der Waals surface area contributed by atoms with Gasteiger partial charge < -0.3 is 15.2 Å². The molecule has 3 heterocycles. The van der Waals surface area contributed by atoms with Gasteiger partial charge in [0.05, 0.1) is 6.33 Å². The highest BCUT2D eigenvalue weighted by Crippen LogP contribution is 2.39. The van der Waals surface area contributed by atoms with E-state index in [0.29, 0.717) is 6.42 Å². The Bertz CT molecular complexity index is 692. The Morgan fingerprint density at radius 3 is 2.90 bits per heavy atom. The molecule has 2 N–H and O–H groups in total. The maximum Gasteiger partial charge on any atom is 0.219 e. The van der Waals surface area contributed by atoms with Gasteiger partial charge in [0.1, 0.15) is 6.33 Å². The van der Waals surface area contributed by atoms with Crippen molar-refractivity contribution in [1.29, 1.82) is 0 Å². The molecule has 7 heteroatoms. The molecule has 1 fully saturated rings. The fraction of sp³-hybridized carbons (Fsp3) is 0.571. The zero-order chi connectivity index (χ0) is 15.2. The Morgan fingerprint density at radius 1 is 1.43 bits per heavy atom. The van der Waals surface area contributed by atoms with E-state index in [-0.39, 0.29) is 17.4 Å². The Morgan fingerprint density at radius 2 is 2.19 bits per heavy atom. The summed E-state index contributed by atoms with van der Waals surface area (Å²) in [5.41, 5.74) is 7.08. The smallest absolute Gasteiger partial charge is 0.219 e. The van der Waals surface area contributed by atoms with Gasteiger partial charge in [-0.05, 0) is 11.8 Å². The zero-order valence-electron chi connectivity index (χ0n) is 12.6. The van der Waals surface area contributed by atoms with E-state index in [1.54, 1.807) is 12.7 Å². The number of nitrogens with two attached hydrogens (primary N) is 1. The lowest BCUT2D eigenvalue weighted by Crippen LogP contribution is -2.34. The summed E-state index contributed by atoms with van der Waals surface area (Å²) in [5, 5.41) is 0. The summed E-state index contributed by atoms with van der Waals surface area (Å²) in [6, 6.07) is 0.0672. The third kappa shape index (κ3) is 2.43. The standard InChI is InChI=1S/C14H20N6O/c1-14(2)5-9(4-10(15)21)20(6-14)13-11-12(16-7-17-13)19(3)8-18-11/h7-9H,4-6H2,1-3H3,(H2,15,21). The predicted octanol–water partition coefficient (Wildman–Crippen LogP) is 0.844. The van der Waals surface area contributed by atoms with Crippen LogP contribution in [0, 0.1) is 5.41 Å². The van der Waals surface area contributed by atoms with Gasteiger partial charge in [-0.15, -0.1) is 0 Å². The van der Waals surface area contributed by atoms with E-state index in [4.69, 9.17) is 5.73 Å². The van der Waals surface area contributed by atoms with Gasteiger partial charge in [0.15, 0.2) is 17.0 Å². The molecule has 7 nitrogen and oxygen atoms in total. The van der Waals surface area contributed by atoms with Gasteiger partial charge in [-0.2, -0.15) is 0 Å². The second-order valence-electron chi connectivity index (χ2n) is 6.55. The summed E-state index contributed by atoms with van der Waals surface area (Å²) in [4.78, 5) is 26.6. The summed E-state index contributed by atoms with van der Waals surface area (Å²) in [6.07, 6.45) is 4.52. The van der Waals surface area contributed by atoms with Crippen LogP contribution < -0.4 is 10.6 Å². The molecule has 1 amide bonds. The van der Waals surface area contributed by atoms with Crippen molar-refractivity contribution in [3.8, 4) is 0 Å². The first-order chi connectivity index (χ1) is 9.87. The van der Waals surface area contributed by atoms with Gasteiger partial charge in [0.25, 0.3) is 0 Å². The lowest BCUT2D eigenvalue weighted by molar-refractivity contribution is -0.118. The minimum atomic E-state index is -0.283. The SMILES string of the molecule is Cn1cnc2c(N3CC(C)(C)CC3CC(N)=O)ncnc21. The molecule has 0 aliphatic carbocycles. The fourth-order valence-corrected chi connectivity index (χ4v) is 3.21. The highest BCUT2D eigenvalue weighted by atomic mass is 16.1. The van der Waals surface area contributed by atoms with Crippen LogP contribution in [0.15, 0.2) is 12.7 Å². The number of imidazole rings is 1. The molecule has 1 aliphatic heterocycles. The number of hydrogen-bond donors (Lipinski definition) is 1. The van der Waals surface area contributed by atoms with E-state index in [1.807, 2.05) is 11.6 Å². The third-order valence-corrected chi connectivity index (χ3v) is 4.01. The van der Waals surface area contributed by atoms with Crippen LogP contribution in [0.1, 0.15) is 26.7 Å². The largest absolute Gasteiger partial charge is 0.370 e. The number of aromatic nitrogens is 4. The second kappa shape index (κ2) is 4.68. The lowest BCUT2D eigenvalue weighted by atomic mass is 9.90. The summed E-state index contributed by atoms with van der Waals surface area (Å²) in [5.74, 6) is 0.506. The van der Waals surface area contributed by atoms with Gasteiger partial charge in [0, 0.05) is 26.1 Å². The third-order valence-electron chi connectivity index (χ3n) is 4.01. The highest BCUT2D eigenvalue weighted by Gasteiger charge is 2.39. The number of anilines is 1. The minimum absolute atomic E-state index is 0.0672. The number of carbonyl (C=O) groups is 1. The van der Waals surface area contributed by atoms with E-state index in [2.05, 4.69) is 33.7 Å². The Labute approximate surface area is 123 Å². The molecule has 2 aromatic heterocycles. The molecule has 1 aliphatic rings. The maximum atomic E-state index is 11.4. The number of nitrogens with zero attached hydrogens (tertiary/aromatic N) is 5. The Kier molecular flexibility index (Phi) is 3.07. The zero-order valence-corrected chi connectivity index (χ0v) is 12.6. The molecule has 0 aromatic carbocycles. The van der Waals surface area contributed by atoms with Gasteiger partial charge in [-0.3, -0.25) is 4.79 Å². The molecule has 3 rings (SSSR count). The number of primary amides is 1. The molecule has 0 spiro atoms. The first-order valence-corrected chi connectivity index (χ1v) is 7.04. The van der Waals surface area contributed by atoms with E-state index in [0.717, 1.165) is 29.9 Å². The van der Waals surface area contributed by atoms with Crippen LogP contribution in [0.4, 0.5) is 5.82 Å². The summed E-state index contributed by atoms with van der Waals surface area (Å²) in [7, 11) is 1.90. The van der Waals surface area contributed by atoms with Crippen LogP contribution in [0.5, 0.6) is 0 Å². The lowest BCUT2D eigenvalue weighted by Gasteiger charge is -2.25. The van der Waals surface area contributed by atoms with Crippen molar-refractivity contribution in [2.75, 3.05) is 11.4 Å². The monoisotopic (exact) mass is 288 g/mol. The highest BCUT2D eigenvalue weighted by molar-refractivity contribution is 5.84. The van der Waals surface area contributed by atoms with Crippen LogP contribution in [0.3, 0.4) is 0 Å². The number of carbonyl (C=O) groups excluding carboxylic acids is 1. The topological polar surface area (TPSA) is 89.9 Å². The average Bonchev–Trinajstić information content (AvgIpc) is 2.90. The normalized spacial score (nSPS) is 21.1. The number of aryl methyl sites for hydroxylation is 1. The van der Waals surface area contributed by atoms with Crippen molar-refractivity contribution in [3.63, 3.8) is 0 Å². The van der Waals surface area contributed by atoms with Crippen molar-refractivity contribution < 1.29 is 4.79 Å². The first kappa shape index (κ1) is 13.8. The van der Waals surface area contributed by atoms with Crippen molar-refractivity contribution >= 4 is 22.9 Å². The maximum absolute atomic E-state index is 11.4. The summed E-state index contributed by atoms with van der Waals surface area (Å²) < 4.78 is 1.87. The van der Waals surface area contributed by atoms with Crippen LogP contribution in [0.25, 0.3) is 11.2 Å². The minimum Gasteiger partial charge on any atom is -0.370 e. The molecule has 1 saturated heterocycles. The van der Waals surface area contributed by atoms with Crippen molar-refractivity contribution in [1.82, 2.24) is 19.5 Å². The van der Waals surface area contributed by atoms with E-state index in [1.165, 1.54) is 0 Å². The number of amides is 1. The molecule has 112 valence electrons. The number of fused-ring (bicyclic) bond motifs is 1. The molecule has 1 atom stereocenters. The molecular formula is C14H20N6O. The molecule has 1 unspecified atom stereocenters. The Hall–Kier alpha value is -2.18. The van der Waals surface area contributed by atoms with Gasteiger partial charge >= 0.3 is 0 Å². The first-order valence-electron chi connectivity index (χ1n) is 7.04. The van der Waals surface area contributed by atoms with Crippen molar-refractivity contribution in [2.24, 2.45) is 18.2 Å². The van der Waals surface area contributed by atoms with E-state index < -0.39 is 0 Å². The second-order valence-corrected chi connectivity index (χ2v) is 6.55. The molecule has 0 bridgehead atoms. The quantitative estimate of drug-likeness (QED) is 0.904. The molecule has 0 radical (unpaired) electrons. The molecule has 2 aromatic rings. The molecular weight excluding hydrogens is 268 g/mol. The number of rotatable bonds is 3. The van der Waals surface area contributed by atoms with Gasteiger partial charge in [-0.1, -0.05) is 13.8 Å². The van der Waals surface area contributed by atoms with E-state index in [9.17, 15) is 4.79 Å². The van der Waals surface area contributed by atoms with Crippen molar-refractivity contribution in [3.05, 3.63) is 12.7 Å². The Balaban J connectivity index is 2.05. The van der Waals surface area contributed by atoms with E-state index >= 15 is 0 Å². The van der Waals surface area contributed by atoms with Crippen LogP contribution in [-0.2, 0) is 11.8 Å².